The first kappa shape index (κ1) is 14.4. The standard InChI is InChI=1S/C11H25N3O/c1-5-13(4)11(15)10-12-8-9-14(6-2)7-3/h12H,5-10H2,1-4H3. The topological polar surface area (TPSA) is 35.6 Å². The van der Waals surface area contributed by atoms with Crippen LogP contribution >= 0.6 is 0 Å². The molecule has 4 heteroatoms. The first-order valence-corrected chi connectivity index (χ1v) is 5.82. The highest BCUT2D eigenvalue weighted by atomic mass is 16.2. The average Bonchev–Trinajstić information content (AvgIpc) is 2.27. The molecule has 0 bridgehead atoms. The summed E-state index contributed by atoms with van der Waals surface area (Å²) >= 11 is 0. The number of carbonyl (C=O) groups is 1. The van der Waals surface area contributed by atoms with Gasteiger partial charge in [-0.05, 0) is 20.0 Å². The van der Waals surface area contributed by atoms with Crippen LogP contribution in [0.4, 0.5) is 0 Å². The maximum absolute atomic E-state index is 11.4. The Morgan fingerprint density at radius 3 is 2.20 bits per heavy atom. The van der Waals surface area contributed by atoms with E-state index in [2.05, 4.69) is 24.1 Å². The summed E-state index contributed by atoms with van der Waals surface area (Å²) in [7, 11) is 1.83. The molecule has 0 aliphatic rings. The lowest BCUT2D eigenvalue weighted by molar-refractivity contribution is -0.128. The van der Waals surface area contributed by atoms with Crippen molar-refractivity contribution in [3.63, 3.8) is 0 Å². The molecule has 0 aromatic rings. The Bertz CT molecular complexity index is 169. The van der Waals surface area contributed by atoms with E-state index in [-0.39, 0.29) is 5.91 Å². The minimum Gasteiger partial charge on any atom is -0.345 e. The lowest BCUT2D eigenvalue weighted by Gasteiger charge is -2.19. The highest BCUT2D eigenvalue weighted by Gasteiger charge is 2.05. The molecule has 0 unspecified atom stereocenters. The van der Waals surface area contributed by atoms with E-state index in [0.717, 1.165) is 32.7 Å². The van der Waals surface area contributed by atoms with Gasteiger partial charge in [0.05, 0.1) is 6.54 Å². The first-order chi connectivity index (χ1) is 7.15. The zero-order valence-electron chi connectivity index (χ0n) is 10.5. The van der Waals surface area contributed by atoms with Crippen LogP contribution in [0.25, 0.3) is 0 Å². The van der Waals surface area contributed by atoms with E-state index >= 15 is 0 Å². The molecule has 0 aromatic carbocycles. The third kappa shape index (κ3) is 6.47. The zero-order chi connectivity index (χ0) is 11.7. The maximum Gasteiger partial charge on any atom is 0.236 e. The van der Waals surface area contributed by atoms with Crippen LogP contribution in [0.15, 0.2) is 0 Å². The van der Waals surface area contributed by atoms with Crippen molar-refractivity contribution in [2.75, 3.05) is 46.3 Å². The molecule has 1 amide bonds. The van der Waals surface area contributed by atoms with Crippen molar-refractivity contribution in [1.82, 2.24) is 15.1 Å². The van der Waals surface area contributed by atoms with E-state index < -0.39 is 0 Å². The monoisotopic (exact) mass is 215 g/mol. The van der Waals surface area contributed by atoms with Gasteiger partial charge in [0.2, 0.25) is 5.91 Å². The van der Waals surface area contributed by atoms with Gasteiger partial charge in [-0.2, -0.15) is 0 Å². The Labute approximate surface area is 93.6 Å². The van der Waals surface area contributed by atoms with E-state index in [1.807, 2.05) is 14.0 Å². The van der Waals surface area contributed by atoms with Crippen molar-refractivity contribution < 1.29 is 4.79 Å². The molecule has 0 aliphatic carbocycles. The number of nitrogens with zero attached hydrogens (tertiary/aromatic N) is 2. The molecule has 0 saturated carbocycles. The van der Waals surface area contributed by atoms with Gasteiger partial charge in [-0.25, -0.2) is 0 Å². The lowest BCUT2D eigenvalue weighted by atomic mass is 10.4. The minimum atomic E-state index is 0.164. The van der Waals surface area contributed by atoms with Crippen molar-refractivity contribution in [2.45, 2.75) is 20.8 Å². The second kappa shape index (κ2) is 8.68. The highest BCUT2D eigenvalue weighted by molar-refractivity contribution is 5.77. The van der Waals surface area contributed by atoms with E-state index in [4.69, 9.17) is 0 Å². The van der Waals surface area contributed by atoms with Crippen LogP contribution in [0.3, 0.4) is 0 Å². The number of likely N-dealkylation sites (N-methyl/N-ethyl adjacent to an activating group) is 2. The molecular weight excluding hydrogens is 190 g/mol. The quantitative estimate of drug-likeness (QED) is 0.595. The van der Waals surface area contributed by atoms with Crippen LogP contribution in [0.2, 0.25) is 0 Å². The van der Waals surface area contributed by atoms with Gasteiger partial charge in [0.1, 0.15) is 0 Å². The number of nitrogens with one attached hydrogen (secondary N) is 1. The molecule has 4 nitrogen and oxygen atoms in total. The Morgan fingerprint density at radius 1 is 1.13 bits per heavy atom. The Balaban J connectivity index is 3.49. The molecule has 0 aliphatic heterocycles. The van der Waals surface area contributed by atoms with Gasteiger partial charge in [-0.15, -0.1) is 0 Å². The summed E-state index contributed by atoms with van der Waals surface area (Å²) in [4.78, 5) is 15.5. The second-order valence-corrected chi connectivity index (χ2v) is 3.61. The molecule has 0 saturated heterocycles. The predicted octanol–water partition coefficient (Wildman–Crippen LogP) is 0.396. The predicted molar refractivity (Wildman–Crippen MR) is 64.0 cm³/mol. The van der Waals surface area contributed by atoms with E-state index in [9.17, 15) is 4.79 Å². The number of rotatable bonds is 8. The number of hydrogen-bond acceptors (Lipinski definition) is 3. The smallest absolute Gasteiger partial charge is 0.236 e. The van der Waals surface area contributed by atoms with Gasteiger partial charge < -0.3 is 15.1 Å². The molecule has 0 aromatic heterocycles. The van der Waals surface area contributed by atoms with Gasteiger partial charge in [-0.3, -0.25) is 4.79 Å². The van der Waals surface area contributed by atoms with Crippen LogP contribution in [0.1, 0.15) is 20.8 Å². The Morgan fingerprint density at radius 2 is 1.73 bits per heavy atom. The lowest BCUT2D eigenvalue weighted by Crippen LogP contribution is -2.38. The van der Waals surface area contributed by atoms with Gasteiger partial charge in [0.15, 0.2) is 0 Å². The van der Waals surface area contributed by atoms with Gasteiger partial charge in [-0.1, -0.05) is 13.8 Å². The first-order valence-electron chi connectivity index (χ1n) is 5.82. The third-order valence-electron chi connectivity index (χ3n) is 2.68. The molecule has 0 fully saturated rings. The summed E-state index contributed by atoms with van der Waals surface area (Å²) in [5.74, 6) is 0.164. The molecule has 0 radical (unpaired) electrons. The minimum absolute atomic E-state index is 0.164. The molecule has 1 N–H and O–H groups in total. The fourth-order valence-electron chi connectivity index (χ4n) is 1.28. The van der Waals surface area contributed by atoms with Crippen LogP contribution in [0, 0.1) is 0 Å². The maximum atomic E-state index is 11.4. The zero-order valence-corrected chi connectivity index (χ0v) is 10.5. The van der Waals surface area contributed by atoms with Crippen LogP contribution < -0.4 is 5.32 Å². The van der Waals surface area contributed by atoms with E-state index in [0.29, 0.717) is 6.54 Å². The van der Waals surface area contributed by atoms with Crippen molar-refractivity contribution in [3.8, 4) is 0 Å². The largest absolute Gasteiger partial charge is 0.345 e. The van der Waals surface area contributed by atoms with Gasteiger partial charge >= 0.3 is 0 Å². The van der Waals surface area contributed by atoms with E-state index in [1.165, 1.54) is 0 Å². The van der Waals surface area contributed by atoms with Crippen LogP contribution in [0.5, 0.6) is 0 Å². The van der Waals surface area contributed by atoms with Crippen molar-refractivity contribution >= 4 is 5.91 Å². The van der Waals surface area contributed by atoms with Crippen molar-refractivity contribution in [2.24, 2.45) is 0 Å². The van der Waals surface area contributed by atoms with Gasteiger partial charge in [0, 0.05) is 26.7 Å². The van der Waals surface area contributed by atoms with Crippen molar-refractivity contribution in [1.29, 1.82) is 0 Å². The number of hydrogen-bond donors (Lipinski definition) is 1. The Hall–Kier alpha value is -0.610. The SMILES string of the molecule is CCN(CC)CCNCC(=O)N(C)CC. The molecule has 0 spiro atoms. The molecule has 90 valence electrons. The van der Waals surface area contributed by atoms with Gasteiger partial charge in [0.25, 0.3) is 0 Å². The summed E-state index contributed by atoms with van der Waals surface area (Å²) in [6.07, 6.45) is 0. The summed E-state index contributed by atoms with van der Waals surface area (Å²) in [5.41, 5.74) is 0. The summed E-state index contributed by atoms with van der Waals surface area (Å²) in [5, 5.41) is 3.17. The molecule has 0 rings (SSSR count). The number of amides is 1. The molecule has 0 atom stereocenters. The number of carbonyl (C=O) groups excluding carboxylic acids is 1. The van der Waals surface area contributed by atoms with Crippen molar-refractivity contribution in [3.05, 3.63) is 0 Å². The normalized spacial score (nSPS) is 10.7. The molecule has 15 heavy (non-hydrogen) atoms. The van der Waals surface area contributed by atoms with E-state index in [1.54, 1.807) is 4.90 Å². The van der Waals surface area contributed by atoms with Crippen LogP contribution in [-0.2, 0) is 4.79 Å². The molecule has 0 heterocycles. The average molecular weight is 215 g/mol. The summed E-state index contributed by atoms with van der Waals surface area (Å²) in [6, 6.07) is 0. The van der Waals surface area contributed by atoms with Crippen LogP contribution in [-0.4, -0.2) is 62.0 Å². The fraction of sp³-hybridized carbons (Fsp3) is 0.909. The second-order valence-electron chi connectivity index (χ2n) is 3.61. The Kier molecular flexibility index (Phi) is 8.33. The highest BCUT2D eigenvalue weighted by Crippen LogP contribution is 1.85. The fourth-order valence-corrected chi connectivity index (χ4v) is 1.28. The summed E-state index contributed by atoms with van der Waals surface area (Å²) in [6.45, 7) is 11.5. The molecular formula is C11H25N3O. The summed E-state index contributed by atoms with van der Waals surface area (Å²) < 4.78 is 0. The third-order valence-corrected chi connectivity index (χ3v) is 2.68.